The fraction of sp³-hybridized carbons (Fsp3) is 0.630. The Morgan fingerprint density at radius 2 is 1.68 bits per heavy atom. The van der Waals surface area contributed by atoms with Gasteiger partial charge in [-0.05, 0) is 100 Å². The van der Waals surface area contributed by atoms with Gasteiger partial charge in [-0.3, -0.25) is 19.2 Å². The maximum Gasteiger partial charge on any atom is 0.315 e. The van der Waals surface area contributed by atoms with Gasteiger partial charge in [0.15, 0.2) is 0 Å². The van der Waals surface area contributed by atoms with Crippen molar-refractivity contribution < 1.29 is 28.7 Å². The van der Waals surface area contributed by atoms with Gasteiger partial charge in [-0.25, -0.2) is 0 Å². The molecule has 0 aliphatic carbocycles. The number of halogens is 1. The molecule has 0 saturated carbocycles. The molecule has 5 rings (SSSR count). The number of esters is 1. The monoisotopic (exact) mass is 849 g/mol. The number of amides is 3. The molecule has 13 nitrogen and oxygen atoms in total. The van der Waals surface area contributed by atoms with Gasteiger partial charge in [-0.15, -0.1) is 0 Å². The predicted molar refractivity (Wildman–Crippen MR) is 234 cm³/mol. The van der Waals surface area contributed by atoms with Gasteiger partial charge >= 0.3 is 5.97 Å². The summed E-state index contributed by atoms with van der Waals surface area (Å²) in [6, 6.07) is 12.8. The van der Waals surface area contributed by atoms with Crippen molar-refractivity contribution in [1.29, 1.82) is 0 Å². The van der Waals surface area contributed by atoms with Gasteiger partial charge in [0.05, 0.1) is 11.5 Å². The Hall–Kier alpha value is -3.88. The number of aldehydes is 1. The number of ether oxygens (including phenoxy) is 1. The zero-order valence-electron chi connectivity index (χ0n) is 35.9. The first-order valence-electron chi connectivity index (χ1n) is 22.0. The van der Waals surface area contributed by atoms with Crippen LogP contribution >= 0.6 is 11.6 Å². The molecule has 3 amide bonds. The van der Waals surface area contributed by atoms with Gasteiger partial charge in [0, 0.05) is 35.8 Å². The predicted octanol–water partition coefficient (Wildman–Crippen LogP) is 4.03. The van der Waals surface area contributed by atoms with Crippen molar-refractivity contribution in [3.05, 3.63) is 70.7 Å². The second-order valence-electron chi connectivity index (χ2n) is 17.8. The number of hydrogen-bond donors (Lipinski definition) is 6. The number of benzene rings is 2. The van der Waals surface area contributed by atoms with Crippen LogP contribution in [0.2, 0.25) is 5.02 Å². The van der Waals surface area contributed by atoms with Crippen LogP contribution in [0.4, 0.5) is 0 Å². The molecule has 3 aliphatic rings. The number of carbonyl (C=O) groups is 5. The largest absolute Gasteiger partial charge is 0.460 e. The topological polar surface area (TPSA) is 198 Å². The molecule has 10 atom stereocenters. The summed E-state index contributed by atoms with van der Waals surface area (Å²) in [4.78, 5) is 72.7. The van der Waals surface area contributed by atoms with E-state index in [1.54, 1.807) is 23.1 Å². The van der Waals surface area contributed by atoms with Gasteiger partial charge in [0.25, 0.3) is 0 Å². The first-order chi connectivity index (χ1) is 28.8. The van der Waals surface area contributed by atoms with E-state index in [1.165, 1.54) is 0 Å². The number of likely N-dealkylation sites (tertiary alicyclic amines) is 1. The van der Waals surface area contributed by atoms with E-state index >= 15 is 4.79 Å². The molecule has 3 fully saturated rings. The quantitative estimate of drug-likeness (QED) is 0.0887. The highest BCUT2D eigenvalue weighted by molar-refractivity contribution is 6.31. The minimum atomic E-state index is -1.28. The van der Waals surface area contributed by atoms with Crippen LogP contribution in [0.15, 0.2) is 54.6 Å². The number of nitrogens with one attached hydrogen (secondary N) is 4. The third-order valence-electron chi connectivity index (χ3n) is 13.5. The van der Waals surface area contributed by atoms with Crippen molar-refractivity contribution in [2.24, 2.45) is 34.6 Å². The molecule has 14 heteroatoms. The lowest BCUT2D eigenvalue weighted by Crippen LogP contribution is -2.66. The first kappa shape index (κ1) is 47.2. The molecule has 3 saturated heterocycles. The normalized spacial score (nSPS) is 26.1. The molecule has 330 valence electrons. The number of nitrogens with two attached hydrogens (primary N) is 2. The Morgan fingerprint density at radius 3 is 2.33 bits per heavy atom. The summed E-state index contributed by atoms with van der Waals surface area (Å²) >= 11 is 6.44. The Labute approximate surface area is 361 Å². The molecule has 60 heavy (non-hydrogen) atoms. The number of piperidine rings is 2. The number of rotatable bonds is 19. The van der Waals surface area contributed by atoms with E-state index in [0.717, 1.165) is 37.7 Å². The molecule has 8 N–H and O–H groups in total. The summed E-state index contributed by atoms with van der Waals surface area (Å²) in [5, 5.41) is 13.5. The van der Waals surface area contributed by atoms with Crippen molar-refractivity contribution >= 4 is 41.6 Å². The summed E-state index contributed by atoms with van der Waals surface area (Å²) in [6.07, 6.45) is 6.23. The van der Waals surface area contributed by atoms with Gasteiger partial charge in [-0.1, -0.05) is 94.2 Å². The third-order valence-corrected chi connectivity index (χ3v) is 13.9. The molecule has 0 spiro atoms. The van der Waals surface area contributed by atoms with Crippen LogP contribution in [0, 0.1) is 23.2 Å². The summed E-state index contributed by atoms with van der Waals surface area (Å²) in [5.41, 5.74) is 12.1. The van der Waals surface area contributed by atoms with Gasteiger partial charge in [0.2, 0.25) is 17.7 Å². The van der Waals surface area contributed by atoms with Crippen molar-refractivity contribution in [2.45, 2.75) is 134 Å². The molecule has 2 aromatic carbocycles. The van der Waals surface area contributed by atoms with Crippen LogP contribution in [0.25, 0.3) is 0 Å². The zero-order valence-corrected chi connectivity index (χ0v) is 36.7. The van der Waals surface area contributed by atoms with E-state index in [9.17, 15) is 19.2 Å². The summed E-state index contributed by atoms with van der Waals surface area (Å²) in [5.74, 6) is -1.63. The molecule has 0 aromatic heterocycles. The Balaban J connectivity index is 1.47. The molecule has 0 radical (unpaired) electrons. The van der Waals surface area contributed by atoms with Crippen LogP contribution in [0.1, 0.15) is 96.6 Å². The highest BCUT2D eigenvalue weighted by Crippen LogP contribution is 2.39. The van der Waals surface area contributed by atoms with E-state index in [0.29, 0.717) is 61.2 Å². The smallest absolute Gasteiger partial charge is 0.315 e. The van der Waals surface area contributed by atoms with E-state index < -0.39 is 52.8 Å². The molecule has 3 heterocycles. The third kappa shape index (κ3) is 11.1. The lowest BCUT2D eigenvalue weighted by molar-refractivity contribution is -0.161. The highest BCUT2D eigenvalue weighted by atomic mass is 35.5. The van der Waals surface area contributed by atoms with Crippen LogP contribution in [0.3, 0.4) is 0 Å². The Morgan fingerprint density at radius 1 is 1.00 bits per heavy atom. The minimum Gasteiger partial charge on any atom is -0.460 e. The second kappa shape index (κ2) is 21.8. The van der Waals surface area contributed by atoms with Gasteiger partial charge < -0.3 is 47.2 Å². The van der Waals surface area contributed by atoms with Gasteiger partial charge in [0.1, 0.15) is 30.5 Å². The van der Waals surface area contributed by atoms with E-state index in [-0.39, 0.29) is 50.4 Å². The number of hydrogen-bond acceptors (Lipinski definition) is 10. The molecule has 3 aliphatic heterocycles. The average Bonchev–Trinajstić information content (AvgIpc) is 3.70. The minimum absolute atomic E-state index is 0.0180. The van der Waals surface area contributed by atoms with Crippen molar-refractivity contribution in [1.82, 2.24) is 26.2 Å². The summed E-state index contributed by atoms with van der Waals surface area (Å²) in [6.45, 7) is 9.68. The maximum atomic E-state index is 15.2. The van der Waals surface area contributed by atoms with Gasteiger partial charge in [-0.2, -0.15) is 0 Å². The van der Waals surface area contributed by atoms with Crippen LogP contribution in [0.5, 0.6) is 0 Å². The zero-order chi connectivity index (χ0) is 43.5. The van der Waals surface area contributed by atoms with E-state index in [2.05, 4.69) is 35.1 Å². The van der Waals surface area contributed by atoms with Crippen molar-refractivity contribution in [3.8, 4) is 0 Å². The molecule has 0 bridgehead atoms. The first-order valence-corrected chi connectivity index (χ1v) is 22.4. The standard InChI is InChI=1S/C46H68ClN7O6/c1-5-32(4)40(53-41(56)36(49)26-33-12-7-6-8-13-33)42(57)52-37(43(58)54-23-11-19-46(54,29-55)39-25-31(3)18-22-51-39)16-20-45(28-48,38-24-30(2)17-21-50-38)44(59)60-27-34-14-9-10-15-35(34)47/h6-10,12-15,29-32,36-40,50-51H,5,11,16-28,48-49H2,1-4H3,(H,52,57)(H,53,56)/t30?,31?,32-,36+,37-,38?,39?,40-,45?,46-/m0/s1. The molecule has 2 aromatic rings. The lowest BCUT2D eigenvalue weighted by Gasteiger charge is -2.45. The van der Waals surface area contributed by atoms with Crippen LogP contribution < -0.4 is 32.7 Å². The van der Waals surface area contributed by atoms with Crippen LogP contribution in [-0.4, -0.2) is 96.8 Å². The molecular weight excluding hydrogens is 782 g/mol. The van der Waals surface area contributed by atoms with E-state index in [4.69, 9.17) is 27.8 Å². The second-order valence-corrected chi connectivity index (χ2v) is 18.2. The van der Waals surface area contributed by atoms with Crippen molar-refractivity contribution in [2.75, 3.05) is 26.2 Å². The average molecular weight is 851 g/mol. The molecular formula is C46H68ClN7O6. The van der Waals surface area contributed by atoms with E-state index in [1.807, 2.05) is 50.2 Å². The van der Waals surface area contributed by atoms with Crippen LogP contribution in [-0.2, 0) is 41.7 Å². The fourth-order valence-corrected chi connectivity index (χ4v) is 9.63. The Bertz CT molecular complexity index is 1770. The maximum absolute atomic E-state index is 15.2. The Kier molecular flexibility index (Phi) is 17.1. The fourth-order valence-electron chi connectivity index (χ4n) is 9.44. The number of carbonyl (C=O) groups excluding carboxylic acids is 5. The molecule has 5 unspecified atom stereocenters. The SMILES string of the molecule is CC[C@H](C)[C@H](NC(=O)[C@H](N)Cc1ccccc1)C(=O)N[C@@H](CCC(CN)(C(=O)OCc1ccccc1Cl)C1CC(C)CCN1)C(=O)N1CCC[C@]1(C=O)C1CC(C)CCN1. The lowest BCUT2D eigenvalue weighted by atomic mass is 9.70. The summed E-state index contributed by atoms with van der Waals surface area (Å²) < 4.78 is 6.02. The number of nitrogens with zero attached hydrogens (tertiary/aromatic N) is 1. The highest BCUT2D eigenvalue weighted by Gasteiger charge is 2.53. The summed E-state index contributed by atoms with van der Waals surface area (Å²) in [7, 11) is 0. The van der Waals surface area contributed by atoms with Crippen molar-refractivity contribution in [3.63, 3.8) is 0 Å².